The molecule has 0 aliphatic heterocycles. The third-order valence-corrected chi connectivity index (χ3v) is 2.30. The standard InChI is InChI=1S/C9H9BrN2O/c1-3-8(13)12-7-4-6(2)9(10)11-5-7/h3-5H,1H2,2H3,(H,12,13). The van der Waals surface area contributed by atoms with Crippen LogP contribution in [0.25, 0.3) is 0 Å². The number of halogens is 1. The molecule has 4 heteroatoms. The summed E-state index contributed by atoms with van der Waals surface area (Å²) in [6.07, 6.45) is 2.80. The van der Waals surface area contributed by atoms with Gasteiger partial charge in [0.15, 0.2) is 0 Å². The smallest absolute Gasteiger partial charge is 0.247 e. The summed E-state index contributed by atoms with van der Waals surface area (Å²) >= 11 is 3.27. The third-order valence-electron chi connectivity index (χ3n) is 1.47. The Bertz CT molecular complexity index is 349. The molecular formula is C9H9BrN2O. The molecular weight excluding hydrogens is 232 g/mol. The zero-order chi connectivity index (χ0) is 9.84. The van der Waals surface area contributed by atoms with Crippen molar-refractivity contribution in [3.05, 3.63) is 35.1 Å². The summed E-state index contributed by atoms with van der Waals surface area (Å²) in [5, 5.41) is 2.62. The van der Waals surface area contributed by atoms with Gasteiger partial charge < -0.3 is 5.32 Å². The summed E-state index contributed by atoms with van der Waals surface area (Å²) in [6.45, 7) is 5.26. The molecule has 0 fully saturated rings. The lowest BCUT2D eigenvalue weighted by molar-refractivity contribution is -0.111. The summed E-state index contributed by atoms with van der Waals surface area (Å²) in [5.74, 6) is -0.233. The minimum atomic E-state index is -0.233. The van der Waals surface area contributed by atoms with Crippen molar-refractivity contribution in [2.75, 3.05) is 5.32 Å². The van der Waals surface area contributed by atoms with Crippen LogP contribution in [0.5, 0.6) is 0 Å². The van der Waals surface area contributed by atoms with Crippen LogP contribution in [-0.2, 0) is 4.79 Å². The van der Waals surface area contributed by atoms with Crippen LogP contribution in [0.15, 0.2) is 29.5 Å². The van der Waals surface area contributed by atoms with Crippen molar-refractivity contribution in [1.29, 1.82) is 0 Å². The highest BCUT2D eigenvalue weighted by Gasteiger charge is 2.00. The van der Waals surface area contributed by atoms with Crippen LogP contribution in [0.2, 0.25) is 0 Å². The number of aromatic nitrogens is 1. The van der Waals surface area contributed by atoms with Gasteiger partial charge in [-0.05, 0) is 40.6 Å². The van der Waals surface area contributed by atoms with Gasteiger partial charge in [-0.2, -0.15) is 0 Å². The number of amides is 1. The van der Waals surface area contributed by atoms with E-state index < -0.39 is 0 Å². The fourth-order valence-corrected chi connectivity index (χ4v) is 1.04. The van der Waals surface area contributed by atoms with Gasteiger partial charge in [-0.25, -0.2) is 4.98 Å². The number of pyridine rings is 1. The topological polar surface area (TPSA) is 42.0 Å². The van der Waals surface area contributed by atoms with Gasteiger partial charge in [-0.15, -0.1) is 0 Å². The number of carbonyl (C=O) groups excluding carboxylic acids is 1. The van der Waals surface area contributed by atoms with E-state index in [9.17, 15) is 4.79 Å². The molecule has 0 bridgehead atoms. The predicted molar refractivity (Wildman–Crippen MR) is 55.5 cm³/mol. The lowest BCUT2D eigenvalue weighted by Crippen LogP contribution is -2.07. The first-order valence-electron chi connectivity index (χ1n) is 3.69. The normalized spacial score (nSPS) is 9.38. The minimum Gasteiger partial charge on any atom is -0.321 e. The Balaban J connectivity index is 2.85. The second kappa shape index (κ2) is 4.18. The quantitative estimate of drug-likeness (QED) is 0.637. The van der Waals surface area contributed by atoms with E-state index in [-0.39, 0.29) is 5.91 Å². The highest BCUT2D eigenvalue weighted by molar-refractivity contribution is 9.10. The SMILES string of the molecule is C=CC(=O)Nc1cnc(Br)c(C)c1. The van der Waals surface area contributed by atoms with E-state index in [1.54, 1.807) is 6.20 Å². The van der Waals surface area contributed by atoms with Crippen LogP contribution < -0.4 is 5.32 Å². The number of aryl methyl sites for hydroxylation is 1. The molecule has 1 aromatic heterocycles. The van der Waals surface area contributed by atoms with Gasteiger partial charge >= 0.3 is 0 Å². The molecule has 13 heavy (non-hydrogen) atoms. The lowest BCUT2D eigenvalue weighted by atomic mass is 10.3. The van der Waals surface area contributed by atoms with Crippen molar-refractivity contribution in [3.8, 4) is 0 Å². The molecule has 1 aromatic rings. The first-order chi connectivity index (χ1) is 6.13. The van der Waals surface area contributed by atoms with Gasteiger partial charge in [-0.3, -0.25) is 4.79 Å². The van der Waals surface area contributed by atoms with Crippen molar-refractivity contribution in [3.63, 3.8) is 0 Å². The van der Waals surface area contributed by atoms with Gasteiger partial charge in [-0.1, -0.05) is 6.58 Å². The molecule has 68 valence electrons. The van der Waals surface area contributed by atoms with E-state index >= 15 is 0 Å². The van der Waals surface area contributed by atoms with Crippen molar-refractivity contribution >= 4 is 27.5 Å². The second-order valence-electron chi connectivity index (χ2n) is 2.53. The maximum Gasteiger partial charge on any atom is 0.247 e. The molecule has 1 rings (SSSR count). The first-order valence-corrected chi connectivity index (χ1v) is 4.48. The van der Waals surface area contributed by atoms with Gasteiger partial charge in [0.05, 0.1) is 11.9 Å². The van der Waals surface area contributed by atoms with Gasteiger partial charge in [0, 0.05) is 0 Å². The molecule has 0 aromatic carbocycles. The number of hydrogen-bond acceptors (Lipinski definition) is 2. The summed E-state index contributed by atoms with van der Waals surface area (Å²) in [6, 6.07) is 1.83. The van der Waals surface area contributed by atoms with Crippen LogP contribution in [-0.4, -0.2) is 10.9 Å². The molecule has 0 saturated carbocycles. The third kappa shape index (κ3) is 2.66. The van der Waals surface area contributed by atoms with Crippen molar-refractivity contribution in [2.45, 2.75) is 6.92 Å². The Hall–Kier alpha value is -1.16. The molecule has 0 spiro atoms. The first kappa shape index (κ1) is 9.92. The van der Waals surface area contributed by atoms with Crippen LogP contribution in [0, 0.1) is 6.92 Å². The average Bonchev–Trinajstić information content (AvgIpc) is 2.11. The molecule has 0 saturated heterocycles. The Morgan fingerprint density at radius 3 is 3.00 bits per heavy atom. The highest BCUT2D eigenvalue weighted by Crippen LogP contribution is 2.16. The van der Waals surface area contributed by atoms with E-state index in [2.05, 4.69) is 32.8 Å². The molecule has 0 unspecified atom stereocenters. The molecule has 1 N–H and O–H groups in total. The van der Waals surface area contributed by atoms with Crippen molar-refractivity contribution in [1.82, 2.24) is 4.98 Å². The number of anilines is 1. The molecule has 3 nitrogen and oxygen atoms in total. The molecule has 0 radical (unpaired) electrons. The van der Waals surface area contributed by atoms with Crippen LogP contribution in [0.3, 0.4) is 0 Å². The summed E-state index contributed by atoms with van der Waals surface area (Å²) < 4.78 is 0.782. The predicted octanol–water partition coefficient (Wildman–Crippen LogP) is 2.28. The monoisotopic (exact) mass is 240 g/mol. The molecule has 1 heterocycles. The zero-order valence-electron chi connectivity index (χ0n) is 7.17. The van der Waals surface area contributed by atoms with E-state index in [1.165, 1.54) is 6.08 Å². The lowest BCUT2D eigenvalue weighted by Gasteiger charge is -2.03. The van der Waals surface area contributed by atoms with E-state index in [0.29, 0.717) is 5.69 Å². The van der Waals surface area contributed by atoms with E-state index in [0.717, 1.165) is 10.2 Å². The Labute approximate surface area is 85.0 Å². The molecule has 0 aliphatic carbocycles. The number of hydrogen-bond donors (Lipinski definition) is 1. The van der Waals surface area contributed by atoms with Gasteiger partial charge in [0.1, 0.15) is 4.60 Å². The number of nitrogens with zero attached hydrogens (tertiary/aromatic N) is 1. The fraction of sp³-hybridized carbons (Fsp3) is 0.111. The van der Waals surface area contributed by atoms with E-state index in [1.807, 2.05) is 13.0 Å². The zero-order valence-corrected chi connectivity index (χ0v) is 8.76. The summed E-state index contributed by atoms with van der Waals surface area (Å²) in [5.41, 5.74) is 1.65. The van der Waals surface area contributed by atoms with E-state index in [4.69, 9.17) is 0 Å². The maximum atomic E-state index is 10.9. The Morgan fingerprint density at radius 2 is 2.46 bits per heavy atom. The Morgan fingerprint density at radius 1 is 1.77 bits per heavy atom. The Kier molecular flexibility index (Phi) is 3.19. The van der Waals surface area contributed by atoms with Crippen LogP contribution in [0.4, 0.5) is 5.69 Å². The van der Waals surface area contributed by atoms with Crippen molar-refractivity contribution in [2.24, 2.45) is 0 Å². The number of nitrogens with one attached hydrogen (secondary N) is 1. The average molecular weight is 241 g/mol. The molecule has 0 aliphatic rings. The summed E-state index contributed by atoms with van der Waals surface area (Å²) in [7, 11) is 0. The largest absolute Gasteiger partial charge is 0.321 e. The number of rotatable bonds is 2. The van der Waals surface area contributed by atoms with Crippen LogP contribution >= 0.6 is 15.9 Å². The van der Waals surface area contributed by atoms with Gasteiger partial charge in [0.25, 0.3) is 0 Å². The molecule has 0 atom stereocenters. The maximum absolute atomic E-state index is 10.9. The fourth-order valence-electron chi connectivity index (χ4n) is 0.820. The second-order valence-corrected chi connectivity index (χ2v) is 3.28. The van der Waals surface area contributed by atoms with Crippen LogP contribution in [0.1, 0.15) is 5.56 Å². The van der Waals surface area contributed by atoms with Gasteiger partial charge in [0.2, 0.25) is 5.91 Å². The summed E-state index contributed by atoms with van der Waals surface area (Å²) in [4.78, 5) is 14.9. The molecule has 1 amide bonds. The highest BCUT2D eigenvalue weighted by atomic mass is 79.9. The minimum absolute atomic E-state index is 0.233. The number of carbonyl (C=O) groups is 1. The van der Waals surface area contributed by atoms with Crippen molar-refractivity contribution < 1.29 is 4.79 Å².